The molecule has 1 aromatic carbocycles. The Morgan fingerprint density at radius 1 is 1.07 bits per heavy atom. The SMILES string of the molecule is Cc1ccc(N2CCN(Cc3nc(C(=O)N4CCOCC4)cs3)CC2)cc1. The van der Waals surface area contributed by atoms with Gasteiger partial charge in [-0.3, -0.25) is 9.69 Å². The maximum Gasteiger partial charge on any atom is 0.273 e. The van der Waals surface area contributed by atoms with Crippen LogP contribution in [0.2, 0.25) is 0 Å². The fourth-order valence-corrected chi connectivity index (χ4v) is 4.33. The van der Waals surface area contributed by atoms with Crippen LogP contribution < -0.4 is 4.90 Å². The lowest BCUT2D eigenvalue weighted by Gasteiger charge is -2.35. The minimum Gasteiger partial charge on any atom is -0.378 e. The molecule has 144 valence electrons. The minimum absolute atomic E-state index is 0.0324. The van der Waals surface area contributed by atoms with Crippen molar-refractivity contribution in [1.29, 1.82) is 0 Å². The largest absolute Gasteiger partial charge is 0.378 e. The molecule has 0 radical (unpaired) electrons. The molecule has 6 nitrogen and oxygen atoms in total. The summed E-state index contributed by atoms with van der Waals surface area (Å²) in [5.41, 5.74) is 3.17. The molecule has 2 aromatic rings. The zero-order valence-corrected chi connectivity index (χ0v) is 16.6. The first-order valence-electron chi connectivity index (χ1n) is 9.54. The first kappa shape index (κ1) is 18.4. The maximum atomic E-state index is 12.5. The van der Waals surface area contributed by atoms with E-state index >= 15 is 0 Å². The van der Waals surface area contributed by atoms with Gasteiger partial charge in [-0.05, 0) is 19.1 Å². The zero-order chi connectivity index (χ0) is 18.6. The second-order valence-corrected chi connectivity index (χ2v) is 8.07. The monoisotopic (exact) mass is 386 g/mol. The second-order valence-electron chi connectivity index (χ2n) is 7.13. The number of piperazine rings is 1. The van der Waals surface area contributed by atoms with Crippen LogP contribution in [0.5, 0.6) is 0 Å². The smallest absolute Gasteiger partial charge is 0.273 e. The van der Waals surface area contributed by atoms with Crippen molar-refractivity contribution in [3.63, 3.8) is 0 Å². The molecule has 0 N–H and O–H groups in total. The Bertz CT molecular complexity index is 763. The predicted octanol–water partition coefficient (Wildman–Crippen LogP) is 2.25. The highest BCUT2D eigenvalue weighted by Gasteiger charge is 2.22. The molecular weight excluding hydrogens is 360 g/mol. The molecule has 0 saturated carbocycles. The zero-order valence-electron chi connectivity index (χ0n) is 15.8. The number of benzene rings is 1. The predicted molar refractivity (Wildman–Crippen MR) is 108 cm³/mol. The number of anilines is 1. The summed E-state index contributed by atoms with van der Waals surface area (Å²) in [4.78, 5) is 23.8. The van der Waals surface area contributed by atoms with Gasteiger partial charge in [-0.15, -0.1) is 11.3 Å². The average Bonchev–Trinajstić information content (AvgIpc) is 3.18. The Labute approximate surface area is 164 Å². The summed E-state index contributed by atoms with van der Waals surface area (Å²) < 4.78 is 5.32. The first-order valence-corrected chi connectivity index (χ1v) is 10.4. The van der Waals surface area contributed by atoms with E-state index in [-0.39, 0.29) is 5.91 Å². The summed E-state index contributed by atoms with van der Waals surface area (Å²) >= 11 is 1.59. The number of aryl methyl sites for hydroxylation is 1. The lowest BCUT2D eigenvalue weighted by molar-refractivity contribution is 0.0299. The number of morpholine rings is 1. The third-order valence-electron chi connectivity index (χ3n) is 5.20. The van der Waals surface area contributed by atoms with Crippen molar-refractivity contribution < 1.29 is 9.53 Å². The molecule has 1 aromatic heterocycles. The standard InChI is InChI=1S/C20H26N4O2S/c1-16-2-4-17(5-3-16)23-8-6-22(7-9-23)14-19-21-18(15-27-19)20(25)24-10-12-26-13-11-24/h2-5,15H,6-14H2,1H3. The highest BCUT2D eigenvalue weighted by atomic mass is 32.1. The van der Waals surface area contributed by atoms with Gasteiger partial charge in [-0.2, -0.15) is 0 Å². The van der Waals surface area contributed by atoms with Gasteiger partial charge in [0.1, 0.15) is 10.7 Å². The second kappa shape index (κ2) is 8.37. The molecule has 1 amide bonds. The fraction of sp³-hybridized carbons (Fsp3) is 0.500. The fourth-order valence-electron chi connectivity index (χ4n) is 3.52. The summed E-state index contributed by atoms with van der Waals surface area (Å²) in [6.07, 6.45) is 0. The molecule has 2 aliphatic heterocycles. The van der Waals surface area contributed by atoms with E-state index in [0.717, 1.165) is 37.7 Å². The molecule has 0 unspecified atom stereocenters. The highest BCUT2D eigenvalue weighted by molar-refractivity contribution is 7.09. The first-order chi connectivity index (χ1) is 13.2. The summed E-state index contributed by atoms with van der Waals surface area (Å²) in [6.45, 7) is 9.57. The minimum atomic E-state index is 0.0324. The van der Waals surface area contributed by atoms with E-state index in [0.29, 0.717) is 32.0 Å². The Morgan fingerprint density at radius 2 is 1.78 bits per heavy atom. The van der Waals surface area contributed by atoms with Gasteiger partial charge in [0.25, 0.3) is 5.91 Å². The van der Waals surface area contributed by atoms with Crippen LogP contribution in [-0.4, -0.2) is 73.2 Å². The van der Waals surface area contributed by atoms with Crippen LogP contribution in [0.1, 0.15) is 21.1 Å². The molecule has 2 fully saturated rings. The van der Waals surface area contributed by atoms with Gasteiger partial charge in [-0.1, -0.05) is 17.7 Å². The van der Waals surface area contributed by atoms with Gasteiger partial charge in [0.05, 0.1) is 19.8 Å². The molecule has 2 aliphatic rings. The topological polar surface area (TPSA) is 48.9 Å². The molecule has 27 heavy (non-hydrogen) atoms. The van der Waals surface area contributed by atoms with Crippen molar-refractivity contribution in [2.45, 2.75) is 13.5 Å². The quantitative estimate of drug-likeness (QED) is 0.807. The molecule has 3 heterocycles. The Balaban J connectivity index is 1.30. The third-order valence-corrected chi connectivity index (χ3v) is 6.03. The third kappa shape index (κ3) is 4.48. The van der Waals surface area contributed by atoms with E-state index in [1.165, 1.54) is 11.3 Å². The lowest BCUT2D eigenvalue weighted by Crippen LogP contribution is -2.46. The normalized spacial score (nSPS) is 18.7. The number of carbonyl (C=O) groups excluding carboxylic acids is 1. The molecule has 7 heteroatoms. The Morgan fingerprint density at radius 3 is 2.48 bits per heavy atom. The van der Waals surface area contributed by atoms with Gasteiger partial charge in [0.2, 0.25) is 0 Å². The van der Waals surface area contributed by atoms with Crippen molar-refractivity contribution in [2.24, 2.45) is 0 Å². The van der Waals surface area contributed by atoms with Gasteiger partial charge >= 0.3 is 0 Å². The molecular formula is C20H26N4O2S. The molecule has 0 aliphatic carbocycles. The highest BCUT2D eigenvalue weighted by Crippen LogP contribution is 2.19. The molecule has 0 spiro atoms. The maximum absolute atomic E-state index is 12.5. The van der Waals surface area contributed by atoms with Crippen LogP contribution in [0, 0.1) is 6.92 Å². The van der Waals surface area contributed by atoms with Crippen molar-refractivity contribution >= 4 is 22.9 Å². The number of hydrogen-bond donors (Lipinski definition) is 0. The molecule has 4 rings (SSSR count). The molecule has 2 saturated heterocycles. The van der Waals surface area contributed by atoms with E-state index in [1.807, 2.05) is 10.3 Å². The van der Waals surface area contributed by atoms with Gasteiger partial charge < -0.3 is 14.5 Å². The van der Waals surface area contributed by atoms with Gasteiger partial charge in [0.15, 0.2) is 0 Å². The van der Waals surface area contributed by atoms with E-state index in [2.05, 4.69) is 46.0 Å². The van der Waals surface area contributed by atoms with Crippen LogP contribution in [-0.2, 0) is 11.3 Å². The number of rotatable bonds is 4. The van der Waals surface area contributed by atoms with Gasteiger partial charge in [-0.25, -0.2) is 4.98 Å². The van der Waals surface area contributed by atoms with Crippen molar-refractivity contribution in [3.05, 3.63) is 45.9 Å². The number of hydrogen-bond acceptors (Lipinski definition) is 6. The number of thiazole rings is 1. The number of carbonyl (C=O) groups is 1. The van der Waals surface area contributed by atoms with Crippen molar-refractivity contribution in [1.82, 2.24) is 14.8 Å². The summed E-state index contributed by atoms with van der Waals surface area (Å²) in [6, 6.07) is 8.75. The average molecular weight is 387 g/mol. The number of nitrogens with zero attached hydrogens (tertiary/aromatic N) is 4. The van der Waals surface area contributed by atoms with Crippen LogP contribution in [0.25, 0.3) is 0 Å². The van der Waals surface area contributed by atoms with Crippen molar-refractivity contribution in [2.75, 3.05) is 57.4 Å². The summed E-state index contributed by atoms with van der Waals surface area (Å²) in [5.74, 6) is 0.0324. The van der Waals surface area contributed by atoms with E-state index < -0.39 is 0 Å². The number of amides is 1. The Kier molecular flexibility index (Phi) is 5.71. The molecule has 0 atom stereocenters. The van der Waals surface area contributed by atoms with Gasteiger partial charge in [0, 0.05) is 50.3 Å². The van der Waals surface area contributed by atoms with Crippen LogP contribution in [0.15, 0.2) is 29.6 Å². The van der Waals surface area contributed by atoms with E-state index in [4.69, 9.17) is 4.74 Å². The summed E-state index contributed by atoms with van der Waals surface area (Å²) in [7, 11) is 0. The number of aromatic nitrogens is 1. The van der Waals surface area contributed by atoms with Crippen LogP contribution in [0.4, 0.5) is 5.69 Å². The van der Waals surface area contributed by atoms with E-state index in [1.54, 1.807) is 11.3 Å². The van der Waals surface area contributed by atoms with Crippen molar-refractivity contribution in [3.8, 4) is 0 Å². The number of ether oxygens (including phenoxy) is 1. The molecule has 0 bridgehead atoms. The Hall–Kier alpha value is -1.96. The van der Waals surface area contributed by atoms with Crippen LogP contribution >= 0.6 is 11.3 Å². The summed E-state index contributed by atoms with van der Waals surface area (Å²) in [5, 5.41) is 2.92. The lowest BCUT2D eigenvalue weighted by atomic mass is 10.2. The van der Waals surface area contributed by atoms with E-state index in [9.17, 15) is 4.79 Å². The van der Waals surface area contributed by atoms with Crippen LogP contribution in [0.3, 0.4) is 0 Å².